The Labute approximate surface area is 202 Å². The molecule has 0 aliphatic rings. The first-order valence-electron chi connectivity index (χ1n) is 10.5. The molecule has 4 nitrogen and oxygen atoms in total. The fraction of sp³-hybridized carbons (Fsp3) is 0.0769. The second-order valence-corrected chi connectivity index (χ2v) is 10.2. The molecule has 2 N–H and O–H groups in total. The van der Waals surface area contributed by atoms with Gasteiger partial charge in [-0.2, -0.15) is 0 Å². The van der Waals surface area contributed by atoms with Gasteiger partial charge in [0.15, 0.2) is 9.60 Å². The maximum atomic E-state index is 13.5. The molecule has 2 aromatic heterocycles. The van der Waals surface area contributed by atoms with Crippen LogP contribution >= 0.6 is 22.7 Å². The Hall–Kier alpha value is -3.62. The molecule has 0 unspecified atom stereocenters. The minimum Gasteiger partial charge on any atom is -0.285 e. The largest absolute Gasteiger partial charge is 0.285 e. The van der Waals surface area contributed by atoms with Crippen molar-refractivity contribution in [2.45, 2.75) is 13.8 Å². The van der Waals surface area contributed by atoms with Crippen molar-refractivity contribution < 1.29 is 8.78 Å². The average Bonchev–Trinajstić information content (AvgIpc) is 3.28. The van der Waals surface area contributed by atoms with Crippen molar-refractivity contribution in [2.24, 2.45) is 0 Å². The Morgan fingerprint density at radius 3 is 1.38 bits per heavy atom. The van der Waals surface area contributed by atoms with Crippen LogP contribution in [0.5, 0.6) is 0 Å². The Balaban J connectivity index is 1.70. The number of nitrogens with zero attached hydrogens (tertiary/aromatic N) is 2. The Morgan fingerprint density at radius 1 is 0.618 bits per heavy atom. The number of halogens is 2. The quantitative estimate of drug-likeness (QED) is 0.286. The summed E-state index contributed by atoms with van der Waals surface area (Å²) >= 11 is 2.72. The van der Waals surface area contributed by atoms with Crippen molar-refractivity contribution in [2.75, 3.05) is 0 Å². The second-order valence-electron chi connectivity index (χ2n) is 7.83. The molecule has 5 aromatic rings. The highest BCUT2D eigenvalue weighted by Gasteiger charge is 2.17. The summed E-state index contributed by atoms with van der Waals surface area (Å²) < 4.78 is 30.8. The summed E-state index contributed by atoms with van der Waals surface area (Å²) in [5.41, 5.74) is 4.86. The molecule has 34 heavy (non-hydrogen) atoms. The third kappa shape index (κ3) is 3.85. The molecule has 3 aromatic carbocycles. The van der Waals surface area contributed by atoms with Gasteiger partial charge >= 0.3 is 0 Å². The van der Waals surface area contributed by atoms with Gasteiger partial charge in [-0.3, -0.25) is 20.0 Å². The number of aryl methyl sites for hydroxylation is 2. The average molecular weight is 491 g/mol. The number of nitrogens with one attached hydrogen (secondary N) is 2. The molecule has 0 atom stereocenters. The van der Waals surface area contributed by atoms with Gasteiger partial charge in [0.05, 0.1) is 22.8 Å². The van der Waals surface area contributed by atoms with Crippen LogP contribution in [0.25, 0.3) is 33.9 Å². The highest BCUT2D eigenvalue weighted by molar-refractivity contribution is 7.09. The standard InChI is InChI=1S/C26H20F2N4S2/c1-15-23(17-6-10-19(27)11-7-17)31(25(29)33-15)21-4-3-5-22(14-21)32-24(16(2)34-26(32)30)18-8-12-20(28)13-9-18/h3-14,29-30H,1-2H3. The third-order valence-electron chi connectivity index (χ3n) is 5.60. The van der Waals surface area contributed by atoms with Crippen LogP contribution in [-0.2, 0) is 0 Å². The van der Waals surface area contributed by atoms with E-state index in [4.69, 9.17) is 10.8 Å². The van der Waals surface area contributed by atoms with Crippen molar-refractivity contribution in [1.29, 1.82) is 10.8 Å². The molecule has 2 heterocycles. The topological polar surface area (TPSA) is 57.6 Å². The van der Waals surface area contributed by atoms with Crippen molar-refractivity contribution in [3.8, 4) is 33.9 Å². The van der Waals surface area contributed by atoms with E-state index >= 15 is 0 Å². The number of rotatable bonds is 4. The predicted octanol–water partition coefficient (Wildman–Crippen LogP) is 6.58. The van der Waals surface area contributed by atoms with Crippen molar-refractivity contribution in [3.05, 3.63) is 104 Å². The van der Waals surface area contributed by atoms with Crippen LogP contribution in [-0.4, -0.2) is 9.13 Å². The van der Waals surface area contributed by atoms with E-state index in [-0.39, 0.29) is 11.6 Å². The van der Waals surface area contributed by atoms with E-state index in [0.717, 1.165) is 43.6 Å². The zero-order valence-electron chi connectivity index (χ0n) is 18.4. The van der Waals surface area contributed by atoms with Crippen LogP contribution in [0.15, 0.2) is 72.8 Å². The van der Waals surface area contributed by atoms with Crippen LogP contribution in [0.4, 0.5) is 8.78 Å². The first kappa shape index (κ1) is 22.2. The molecule has 0 spiro atoms. The molecule has 170 valence electrons. The summed E-state index contributed by atoms with van der Waals surface area (Å²) in [4.78, 5) is 2.61. The minimum atomic E-state index is -0.309. The van der Waals surface area contributed by atoms with Gasteiger partial charge in [-0.1, -0.05) is 6.07 Å². The zero-order valence-corrected chi connectivity index (χ0v) is 20.0. The van der Waals surface area contributed by atoms with Crippen molar-refractivity contribution >= 4 is 22.7 Å². The van der Waals surface area contributed by atoms with Gasteiger partial charge < -0.3 is 0 Å². The zero-order chi connectivity index (χ0) is 24.0. The van der Waals surface area contributed by atoms with Gasteiger partial charge in [0, 0.05) is 9.75 Å². The highest BCUT2D eigenvalue weighted by atomic mass is 32.1. The molecule has 0 saturated carbocycles. The molecule has 5 rings (SSSR count). The van der Waals surface area contributed by atoms with Crippen molar-refractivity contribution in [1.82, 2.24) is 9.13 Å². The second kappa shape index (κ2) is 8.62. The molecule has 0 saturated heterocycles. The highest BCUT2D eigenvalue weighted by Crippen LogP contribution is 2.31. The van der Waals surface area contributed by atoms with Gasteiger partial charge in [-0.15, -0.1) is 22.7 Å². The SMILES string of the molecule is Cc1sc(=N)n(-c2cccc(-n3c(-c4ccc(F)cc4)c(C)sc3=N)c2)c1-c1ccc(F)cc1. The monoisotopic (exact) mass is 490 g/mol. The summed E-state index contributed by atoms with van der Waals surface area (Å²) in [6.45, 7) is 3.90. The first-order chi connectivity index (χ1) is 16.3. The van der Waals surface area contributed by atoms with Crippen LogP contribution in [0.1, 0.15) is 9.75 Å². The third-order valence-corrected chi connectivity index (χ3v) is 7.35. The molecule has 0 radical (unpaired) electrons. The van der Waals surface area contributed by atoms with E-state index in [1.165, 1.54) is 46.9 Å². The van der Waals surface area contributed by atoms with E-state index in [9.17, 15) is 8.78 Å². The van der Waals surface area contributed by atoms with Gasteiger partial charge in [0.25, 0.3) is 0 Å². The fourth-order valence-electron chi connectivity index (χ4n) is 4.14. The number of hydrogen-bond acceptors (Lipinski definition) is 4. The van der Waals surface area contributed by atoms with E-state index in [2.05, 4.69) is 0 Å². The van der Waals surface area contributed by atoms with Crippen molar-refractivity contribution in [3.63, 3.8) is 0 Å². The molecule has 0 aliphatic heterocycles. The van der Waals surface area contributed by atoms with E-state index < -0.39 is 0 Å². The molecule has 0 fully saturated rings. The first-order valence-corrected chi connectivity index (χ1v) is 12.1. The Kier molecular flexibility index (Phi) is 5.63. The molecule has 0 aliphatic carbocycles. The summed E-state index contributed by atoms with van der Waals surface area (Å²) in [5.74, 6) is -0.617. The van der Waals surface area contributed by atoms with Crippen LogP contribution in [0, 0.1) is 36.3 Å². The molecule has 0 bridgehead atoms. The van der Waals surface area contributed by atoms with E-state index in [0.29, 0.717) is 9.60 Å². The maximum Gasteiger partial charge on any atom is 0.187 e. The number of hydrogen-bond donors (Lipinski definition) is 2. The molecular formula is C26H20F2N4S2. The summed E-state index contributed by atoms with van der Waals surface area (Å²) in [7, 11) is 0. The molecular weight excluding hydrogens is 470 g/mol. The maximum absolute atomic E-state index is 13.5. The van der Waals surface area contributed by atoms with Crippen LogP contribution < -0.4 is 9.60 Å². The molecule has 8 heteroatoms. The lowest BCUT2D eigenvalue weighted by atomic mass is 10.1. The lowest BCUT2D eigenvalue weighted by Crippen LogP contribution is -2.15. The van der Waals surface area contributed by atoms with Gasteiger partial charge in [0.2, 0.25) is 0 Å². The number of aromatic nitrogens is 2. The fourth-order valence-corrected chi connectivity index (χ4v) is 5.91. The number of thiazole rings is 2. The normalized spacial score (nSPS) is 11.2. The van der Waals surface area contributed by atoms with Gasteiger partial charge in [0.1, 0.15) is 11.6 Å². The summed E-state index contributed by atoms with van der Waals surface area (Å²) in [6.07, 6.45) is 0. The lowest BCUT2D eigenvalue weighted by molar-refractivity contribution is 0.627. The van der Waals surface area contributed by atoms with E-state index in [1.54, 1.807) is 24.3 Å². The molecule has 0 amide bonds. The summed E-state index contributed by atoms with van der Waals surface area (Å²) in [5, 5.41) is 17.2. The van der Waals surface area contributed by atoms with Crippen LogP contribution in [0.2, 0.25) is 0 Å². The van der Waals surface area contributed by atoms with E-state index in [1.807, 2.05) is 47.2 Å². The summed E-state index contributed by atoms with van der Waals surface area (Å²) in [6, 6.07) is 20.2. The Morgan fingerprint density at radius 2 is 1.00 bits per heavy atom. The Bertz CT molecular complexity index is 1500. The van der Waals surface area contributed by atoms with Gasteiger partial charge in [-0.25, -0.2) is 8.78 Å². The lowest BCUT2D eigenvalue weighted by Gasteiger charge is -2.14. The van der Waals surface area contributed by atoms with Crippen LogP contribution in [0.3, 0.4) is 0 Å². The smallest absolute Gasteiger partial charge is 0.187 e. The van der Waals surface area contributed by atoms with Gasteiger partial charge in [-0.05, 0) is 91.7 Å². The number of benzene rings is 3. The predicted molar refractivity (Wildman–Crippen MR) is 133 cm³/mol. The minimum absolute atomic E-state index is 0.309.